The van der Waals surface area contributed by atoms with Gasteiger partial charge in [0.25, 0.3) is 0 Å². The third-order valence-corrected chi connectivity index (χ3v) is 6.93. The van der Waals surface area contributed by atoms with Crippen molar-refractivity contribution in [2.24, 2.45) is 0 Å². The van der Waals surface area contributed by atoms with Gasteiger partial charge < -0.3 is 9.73 Å². The minimum atomic E-state index is -3.94. The van der Waals surface area contributed by atoms with E-state index in [0.29, 0.717) is 5.02 Å². The van der Waals surface area contributed by atoms with Gasteiger partial charge >= 0.3 is 0 Å². The van der Waals surface area contributed by atoms with Gasteiger partial charge in [0, 0.05) is 10.6 Å². The zero-order valence-electron chi connectivity index (χ0n) is 17.0. The van der Waals surface area contributed by atoms with Crippen LogP contribution in [-0.2, 0) is 9.84 Å². The van der Waals surface area contributed by atoms with Crippen molar-refractivity contribution in [2.75, 3.05) is 5.32 Å². The van der Waals surface area contributed by atoms with Gasteiger partial charge in [0.1, 0.15) is 0 Å². The number of sulfone groups is 1. The Balaban J connectivity index is 1.82. The molecule has 0 aliphatic heterocycles. The summed E-state index contributed by atoms with van der Waals surface area (Å²) in [4.78, 5) is 4.50. The lowest BCUT2D eigenvalue weighted by Crippen LogP contribution is -2.10. The molecule has 0 bridgehead atoms. The molecule has 0 saturated heterocycles. The maximum atomic E-state index is 13.4. The summed E-state index contributed by atoms with van der Waals surface area (Å²) in [5.41, 5.74) is 2.66. The van der Waals surface area contributed by atoms with E-state index in [1.165, 1.54) is 24.3 Å². The fourth-order valence-electron chi connectivity index (χ4n) is 3.25. The number of nitrogens with zero attached hydrogens (tertiary/aromatic N) is 1. The zero-order valence-corrected chi connectivity index (χ0v) is 18.6. The number of benzene rings is 3. The van der Waals surface area contributed by atoms with Crippen LogP contribution in [0.1, 0.15) is 24.1 Å². The minimum absolute atomic E-state index is 0.0944. The molecule has 3 aromatic carbocycles. The topological polar surface area (TPSA) is 72.2 Å². The van der Waals surface area contributed by atoms with E-state index in [0.717, 1.165) is 16.7 Å². The lowest BCUT2D eigenvalue weighted by Gasteiger charge is -2.14. The Morgan fingerprint density at radius 2 is 1.58 bits per heavy atom. The standard InChI is InChI=1S/C24H21ClN2O3S/c1-16-8-6-7-11-21(16)22-27-24(31(28,29)20-14-12-19(25)13-15-20)23(30-22)26-17(2)18-9-4-3-5-10-18/h3-15,17,26H,1-2H3. The van der Waals surface area contributed by atoms with Crippen LogP contribution < -0.4 is 5.32 Å². The Bertz CT molecular complexity index is 1300. The third-order valence-electron chi connectivity index (χ3n) is 5.00. The van der Waals surface area contributed by atoms with Gasteiger partial charge in [0.05, 0.1) is 10.9 Å². The molecule has 1 heterocycles. The SMILES string of the molecule is Cc1ccccc1-c1nc(S(=O)(=O)c2ccc(Cl)cc2)c(NC(C)c2ccccc2)o1. The first-order valence-electron chi connectivity index (χ1n) is 9.75. The van der Waals surface area contributed by atoms with Gasteiger partial charge in [-0.05, 0) is 55.3 Å². The normalized spacial score (nSPS) is 12.5. The second-order valence-corrected chi connectivity index (χ2v) is 9.50. The van der Waals surface area contributed by atoms with Crippen LogP contribution in [0.5, 0.6) is 0 Å². The molecule has 158 valence electrons. The minimum Gasteiger partial charge on any atom is -0.419 e. The second-order valence-electron chi connectivity index (χ2n) is 7.20. The summed E-state index contributed by atoms with van der Waals surface area (Å²) in [5.74, 6) is 0.345. The Kier molecular flexibility index (Phi) is 5.85. The molecule has 0 amide bonds. The molecule has 31 heavy (non-hydrogen) atoms. The predicted octanol–water partition coefficient (Wildman–Crippen LogP) is 6.31. The summed E-state index contributed by atoms with van der Waals surface area (Å²) in [5, 5.41) is 3.49. The highest BCUT2D eigenvalue weighted by molar-refractivity contribution is 7.91. The molecular weight excluding hydrogens is 432 g/mol. The van der Waals surface area contributed by atoms with Crippen LogP contribution in [0.2, 0.25) is 5.02 Å². The molecule has 4 aromatic rings. The second kappa shape index (κ2) is 8.57. The summed E-state index contributed by atoms with van der Waals surface area (Å²) in [6.45, 7) is 3.86. The van der Waals surface area contributed by atoms with Gasteiger partial charge in [-0.1, -0.05) is 60.1 Å². The smallest absolute Gasteiger partial charge is 0.234 e. The Morgan fingerprint density at radius 3 is 2.26 bits per heavy atom. The van der Waals surface area contributed by atoms with Crippen LogP contribution >= 0.6 is 11.6 Å². The first-order valence-corrected chi connectivity index (χ1v) is 11.6. The van der Waals surface area contributed by atoms with E-state index in [-0.39, 0.29) is 27.7 Å². The van der Waals surface area contributed by atoms with Crippen LogP contribution in [0.3, 0.4) is 0 Å². The van der Waals surface area contributed by atoms with Crippen molar-refractivity contribution in [3.05, 3.63) is 95.0 Å². The molecule has 7 heteroatoms. The number of aryl methyl sites for hydroxylation is 1. The van der Waals surface area contributed by atoms with Crippen LogP contribution in [-0.4, -0.2) is 13.4 Å². The van der Waals surface area contributed by atoms with E-state index in [9.17, 15) is 8.42 Å². The van der Waals surface area contributed by atoms with Crippen molar-refractivity contribution in [3.63, 3.8) is 0 Å². The third kappa shape index (κ3) is 4.36. The van der Waals surface area contributed by atoms with E-state index < -0.39 is 9.84 Å². The van der Waals surface area contributed by atoms with Crippen LogP contribution in [0, 0.1) is 6.92 Å². The predicted molar refractivity (Wildman–Crippen MR) is 122 cm³/mol. The molecule has 0 spiro atoms. The summed E-state index contributed by atoms with van der Waals surface area (Å²) in [6, 6.07) is 23.1. The maximum absolute atomic E-state index is 13.4. The lowest BCUT2D eigenvalue weighted by atomic mass is 10.1. The first-order chi connectivity index (χ1) is 14.9. The van der Waals surface area contributed by atoms with Crippen molar-refractivity contribution >= 4 is 27.3 Å². The number of aromatic nitrogens is 1. The molecule has 0 fully saturated rings. The quantitative estimate of drug-likeness (QED) is 0.371. The van der Waals surface area contributed by atoms with Crippen molar-refractivity contribution in [1.82, 2.24) is 4.98 Å². The maximum Gasteiger partial charge on any atom is 0.234 e. The Morgan fingerprint density at radius 1 is 0.935 bits per heavy atom. The van der Waals surface area contributed by atoms with E-state index in [1.807, 2.05) is 68.4 Å². The van der Waals surface area contributed by atoms with E-state index in [2.05, 4.69) is 10.3 Å². The fourth-order valence-corrected chi connectivity index (χ4v) is 4.65. The van der Waals surface area contributed by atoms with E-state index >= 15 is 0 Å². The van der Waals surface area contributed by atoms with Gasteiger partial charge in [0.2, 0.25) is 26.6 Å². The van der Waals surface area contributed by atoms with Gasteiger partial charge in [-0.25, -0.2) is 8.42 Å². The molecule has 0 aliphatic rings. The molecule has 4 rings (SSSR count). The molecule has 0 saturated carbocycles. The van der Waals surface area contributed by atoms with Gasteiger partial charge in [-0.3, -0.25) is 0 Å². The number of oxazole rings is 1. The Labute approximate surface area is 186 Å². The summed E-state index contributed by atoms with van der Waals surface area (Å²) >= 11 is 5.94. The van der Waals surface area contributed by atoms with Gasteiger partial charge in [-0.15, -0.1) is 0 Å². The first kappa shape index (κ1) is 21.2. The van der Waals surface area contributed by atoms with Crippen LogP contribution in [0.25, 0.3) is 11.5 Å². The average Bonchev–Trinajstić information content (AvgIpc) is 3.19. The highest BCUT2D eigenvalue weighted by Gasteiger charge is 2.29. The van der Waals surface area contributed by atoms with Crippen molar-refractivity contribution in [2.45, 2.75) is 29.8 Å². The molecule has 1 aromatic heterocycles. The monoisotopic (exact) mass is 452 g/mol. The van der Waals surface area contributed by atoms with Crippen molar-refractivity contribution in [3.8, 4) is 11.5 Å². The number of hydrogen-bond acceptors (Lipinski definition) is 5. The van der Waals surface area contributed by atoms with Crippen LogP contribution in [0.4, 0.5) is 5.88 Å². The Hall–Kier alpha value is -3.09. The number of anilines is 1. The molecule has 1 unspecified atom stereocenters. The van der Waals surface area contributed by atoms with Crippen LogP contribution in [0.15, 0.2) is 93.2 Å². The molecule has 5 nitrogen and oxygen atoms in total. The summed E-state index contributed by atoms with van der Waals surface area (Å²) in [7, 11) is -3.94. The highest BCUT2D eigenvalue weighted by Crippen LogP contribution is 2.35. The van der Waals surface area contributed by atoms with Gasteiger partial charge in [-0.2, -0.15) is 4.98 Å². The highest BCUT2D eigenvalue weighted by atomic mass is 35.5. The largest absolute Gasteiger partial charge is 0.419 e. The number of hydrogen-bond donors (Lipinski definition) is 1. The number of nitrogens with one attached hydrogen (secondary N) is 1. The summed E-state index contributed by atoms with van der Waals surface area (Å²) in [6.07, 6.45) is 0. The molecule has 1 atom stereocenters. The van der Waals surface area contributed by atoms with Crippen molar-refractivity contribution < 1.29 is 12.8 Å². The van der Waals surface area contributed by atoms with E-state index in [1.54, 1.807) is 0 Å². The lowest BCUT2D eigenvalue weighted by molar-refractivity contribution is 0.570. The molecular formula is C24H21ClN2O3S. The van der Waals surface area contributed by atoms with E-state index in [4.69, 9.17) is 16.0 Å². The number of halogens is 1. The fraction of sp³-hybridized carbons (Fsp3) is 0.125. The van der Waals surface area contributed by atoms with Gasteiger partial charge in [0.15, 0.2) is 0 Å². The van der Waals surface area contributed by atoms with Crippen molar-refractivity contribution in [1.29, 1.82) is 0 Å². The average molecular weight is 453 g/mol. The molecule has 1 N–H and O–H groups in total. The number of rotatable bonds is 6. The molecule has 0 aliphatic carbocycles. The summed E-state index contributed by atoms with van der Waals surface area (Å²) < 4.78 is 32.8. The zero-order chi connectivity index (χ0) is 22.0. The molecule has 0 radical (unpaired) electrons.